The third kappa shape index (κ3) is 4.82. The summed E-state index contributed by atoms with van der Waals surface area (Å²) in [5.41, 5.74) is 0. The number of thioether (sulfide) groups is 1. The Hall–Kier alpha value is -1.05. The van der Waals surface area contributed by atoms with Crippen LogP contribution >= 0.6 is 11.8 Å². The summed E-state index contributed by atoms with van der Waals surface area (Å²) < 4.78 is 0. The molecule has 4 heteroatoms. The predicted molar refractivity (Wildman–Crippen MR) is 62.7 cm³/mol. The first kappa shape index (κ1) is 12.0. The van der Waals surface area contributed by atoms with Crippen LogP contribution in [0.15, 0.2) is 29.4 Å². The third-order valence-electron chi connectivity index (χ3n) is 1.93. The Morgan fingerprint density at radius 2 is 2.27 bits per heavy atom. The second kappa shape index (κ2) is 7.27. The van der Waals surface area contributed by atoms with Crippen molar-refractivity contribution in [3.8, 4) is 6.07 Å². The number of pyridine rings is 1. The average molecular weight is 221 g/mol. The van der Waals surface area contributed by atoms with Crippen molar-refractivity contribution in [2.45, 2.75) is 24.3 Å². The zero-order chi connectivity index (χ0) is 10.9. The number of nitrogens with one attached hydrogen (secondary N) is 1. The van der Waals surface area contributed by atoms with Crippen LogP contribution in [0.5, 0.6) is 0 Å². The van der Waals surface area contributed by atoms with E-state index in [1.807, 2.05) is 19.1 Å². The van der Waals surface area contributed by atoms with Gasteiger partial charge in [-0.3, -0.25) is 4.98 Å². The fraction of sp³-hybridized carbons (Fsp3) is 0.455. The van der Waals surface area contributed by atoms with Gasteiger partial charge in [0.05, 0.1) is 12.1 Å². The first-order valence-electron chi connectivity index (χ1n) is 5.02. The van der Waals surface area contributed by atoms with E-state index in [0.717, 1.165) is 18.7 Å². The minimum Gasteiger partial charge on any atom is -0.302 e. The molecule has 0 saturated heterocycles. The lowest BCUT2D eigenvalue weighted by molar-refractivity contribution is 0.613. The van der Waals surface area contributed by atoms with Gasteiger partial charge in [-0.25, -0.2) is 0 Å². The van der Waals surface area contributed by atoms with Crippen molar-refractivity contribution in [2.24, 2.45) is 0 Å². The van der Waals surface area contributed by atoms with Crippen LogP contribution in [-0.2, 0) is 0 Å². The van der Waals surface area contributed by atoms with E-state index in [-0.39, 0.29) is 6.04 Å². The van der Waals surface area contributed by atoms with Crippen molar-refractivity contribution in [2.75, 3.05) is 12.3 Å². The van der Waals surface area contributed by atoms with Crippen molar-refractivity contribution < 1.29 is 0 Å². The molecule has 0 spiro atoms. The van der Waals surface area contributed by atoms with Gasteiger partial charge in [-0.2, -0.15) is 5.26 Å². The lowest BCUT2D eigenvalue weighted by Gasteiger charge is -2.08. The molecule has 80 valence electrons. The Morgan fingerprint density at radius 1 is 1.53 bits per heavy atom. The van der Waals surface area contributed by atoms with Gasteiger partial charge in [0.15, 0.2) is 0 Å². The molecule has 0 saturated carbocycles. The van der Waals surface area contributed by atoms with E-state index >= 15 is 0 Å². The van der Waals surface area contributed by atoms with E-state index in [0.29, 0.717) is 0 Å². The standard InChI is InChI=1S/C11H15N3S/c1-2-14-10(9-12)5-8-15-11-3-6-13-7-4-11/h3-4,6-7,10,14H,2,5,8H2,1H3. The maximum absolute atomic E-state index is 8.82. The molecule has 0 aliphatic carbocycles. The fourth-order valence-electron chi connectivity index (χ4n) is 1.19. The van der Waals surface area contributed by atoms with E-state index < -0.39 is 0 Å². The van der Waals surface area contributed by atoms with Crippen molar-refractivity contribution >= 4 is 11.8 Å². The van der Waals surface area contributed by atoms with Crippen molar-refractivity contribution in [3.05, 3.63) is 24.5 Å². The van der Waals surface area contributed by atoms with Gasteiger partial charge in [0.2, 0.25) is 0 Å². The van der Waals surface area contributed by atoms with E-state index in [1.165, 1.54) is 4.90 Å². The van der Waals surface area contributed by atoms with Gasteiger partial charge in [0.25, 0.3) is 0 Å². The summed E-state index contributed by atoms with van der Waals surface area (Å²) in [6.45, 7) is 2.86. The van der Waals surface area contributed by atoms with Crippen molar-refractivity contribution in [3.63, 3.8) is 0 Å². The van der Waals surface area contributed by atoms with E-state index in [1.54, 1.807) is 24.2 Å². The molecule has 0 amide bonds. The second-order valence-corrected chi connectivity index (χ2v) is 4.23. The summed E-state index contributed by atoms with van der Waals surface area (Å²) >= 11 is 1.76. The number of hydrogen-bond donors (Lipinski definition) is 1. The normalized spacial score (nSPS) is 12.0. The van der Waals surface area contributed by atoms with Crippen LogP contribution in [0.2, 0.25) is 0 Å². The Morgan fingerprint density at radius 3 is 2.87 bits per heavy atom. The molecule has 0 radical (unpaired) electrons. The summed E-state index contributed by atoms with van der Waals surface area (Å²) in [5, 5.41) is 12.0. The quantitative estimate of drug-likeness (QED) is 0.747. The highest BCUT2D eigenvalue weighted by molar-refractivity contribution is 7.99. The third-order valence-corrected chi connectivity index (χ3v) is 2.98. The highest BCUT2D eigenvalue weighted by atomic mass is 32.2. The highest BCUT2D eigenvalue weighted by Crippen LogP contribution is 2.17. The number of aromatic nitrogens is 1. The molecule has 3 nitrogen and oxygen atoms in total. The number of nitrogens with zero attached hydrogens (tertiary/aromatic N) is 2. The smallest absolute Gasteiger partial charge is 0.0960 e. The molecule has 1 unspecified atom stereocenters. The van der Waals surface area contributed by atoms with E-state index in [4.69, 9.17) is 5.26 Å². The lowest BCUT2D eigenvalue weighted by atomic mass is 10.2. The molecule has 1 aromatic rings. The molecule has 1 aromatic heterocycles. The monoisotopic (exact) mass is 221 g/mol. The maximum atomic E-state index is 8.82. The Kier molecular flexibility index (Phi) is 5.83. The van der Waals surface area contributed by atoms with Crippen LogP contribution < -0.4 is 5.32 Å². The minimum atomic E-state index is -0.0238. The molecule has 1 rings (SSSR count). The van der Waals surface area contributed by atoms with Gasteiger partial charge in [-0.05, 0) is 25.1 Å². The van der Waals surface area contributed by atoms with Gasteiger partial charge < -0.3 is 5.32 Å². The molecule has 15 heavy (non-hydrogen) atoms. The SMILES string of the molecule is CCNC(C#N)CCSc1ccncc1. The molecular weight excluding hydrogens is 206 g/mol. The minimum absolute atomic E-state index is 0.0238. The van der Waals surface area contributed by atoms with Crippen LogP contribution in [0.3, 0.4) is 0 Å². The van der Waals surface area contributed by atoms with Crippen LogP contribution in [0, 0.1) is 11.3 Å². The lowest BCUT2D eigenvalue weighted by Crippen LogP contribution is -2.27. The number of rotatable bonds is 6. The van der Waals surface area contributed by atoms with Crippen LogP contribution in [0.4, 0.5) is 0 Å². The van der Waals surface area contributed by atoms with Crippen LogP contribution in [-0.4, -0.2) is 23.3 Å². The summed E-state index contributed by atoms with van der Waals surface area (Å²) in [7, 11) is 0. The average Bonchev–Trinajstić information content (AvgIpc) is 2.29. The first-order valence-corrected chi connectivity index (χ1v) is 6.01. The zero-order valence-electron chi connectivity index (χ0n) is 8.81. The Balaban J connectivity index is 2.24. The van der Waals surface area contributed by atoms with E-state index in [9.17, 15) is 0 Å². The molecule has 1 N–H and O–H groups in total. The van der Waals surface area contributed by atoms with Gasteiger partial charge in [-0.15, -0.1) is 11.8 Å². The molecule has 0 aromatic carbocycles. The maximum Gasteiger partial charge on any atom is 0.0960 e. The molecule has 0 aliphatic heterocycles. The van der Waals surface area contributed by atoms with E-state index in [2.05, 4.69) is 16.4 Å². The summed E-state index contributed by atoms with van der Waals surface area (Å²) in [6.07, 6.45) is 4.44. The molecule has 1 atom stereocenters. The predicted octanol–water partition coefficient (Wildman–Crippen LogP) is 2.07. The summed E-state index contributed by atoms with van der Waals surface area (Å²) in [5.74, 6) is 0.954. The van der Waals surface area contributed by atoms with Crippen molar-refractivity contribution in [1.29, 1.82) is 5.26 Å². The fourth-order valence-corrected chi connectivity index (χ4v) is 2.09. The first-order chi connectivity index (χ1) is 7.36. The molecule has 0 aliphatic rings. The number of hydrogen-bond acceptors (Lipinski definition) is 4. The summed E-state index contributed by atoms with van der Waals surface area (Å²) in [4.78, 5) is 5.16. The van der Waals surface area contributed by atoms with Gasteiger partial charge >= 0.3 is 0 Å². The topological polar surface area (TPSA) is 48.7 Å². The number of nitriles is 1. The largest absolute Gasteiger partial charge is 0.302 e. The van der Waals surface area contributed by atoms with Gasteiger partial charge in [0, 0.05) is 23.0 Å². The van der Waals surface area contributed by atoms with Gasteiger partial charge in [-0.1, -0.05) is 6.92 Å². The highest BCUT2D eigenvalue weighted by Gasteiger charge is 2.04. The van der Waals surface area contributed by atoms with Gasteiger partial charge in [0.1, 0.15) is 0 Å². The van der Waals surface area contributed by atoms with Crippen LogP contribution in [0.25, 0.3) is 0 Å². The molecular formula is C11H15N3S. The Bertz CT molecular complexity index is 307. The molecule has 1 heterocycles. The Labute approximate surface area is 94.9 Å². The zero-order valence-corrected chi connectivity index (χ0v) is 9.63. The molecule has 0 fully saturated rings. The second-order valence-electron chi connectivity index (χ2n) is 3.06. The molecule has 0 bridgehead atoms. The summed E-state index contributed by atoms with van der Waals surface area (Å²) in [6, 6.07) is 6.20. The van der Waals surface area contributed by atoms with Crippen LogP contribution in [0.1, 0.15) is 13.3 Å². The van der Waals surface area contributed by atoms with Crippen molar-refractivity contribution in [1.82, 2.24) is 10.3 Å².